The minimum atomic E-state index is -0.0837. The molecule has 1 amide bonds. The topological polar surface area (TPSA) is 41.6 Å². The van der Waals surface area contributed by atoms with Crippen molar-refractivity contribution in [2.75, 3.05) is 25.6 Å². The van der Waals surface area contributed by atoms with E-state index in [1.54, 1.807) is 31.2 Å². The summed E-state index contributed by atoms with van der Waals surface area (Å²) in [7, 11) is 3.35. The van der Waals surface area contributed by atoms with Gasteiger partial charge in [-0.1, -0.05) is 18.0 Å². The van der Waals surface area contributed by atoms with Crippen LogP contribution in [0.3, 0.4) is 0 Å². The highest BCUT2D eigenvalue weighted by atomic mass is 35.5. The molecule has 4 nitrogen and oxygen atoms in total. The Morgan fingerprint density at radius 1 is 1.45 bits per heavy atom. The molecule has 1 heterocycles. The third kappa shape index (κ3) is 3.78. The van der Waals surface area contributed by atoms with Crippen molar-refractivity contribution < 1.29 is 9.53 Å². The number of likely N-dealkylation sites (N-methyl/N-ethyl adjacent to an activating group) is 1. The molecule has 1 saturated heterocycles. The Morgan fingerprint density at radius 3 is 2.75 bits per heavy atom. The van der Waals surface area contributed by atoms with Crippen LogP contribution in [0, 0.1) is 0 Å². The summed E-state index contributed by atoms with van der Waals surface area (Å²) in [6, 6.07) is 5.28. The number of benzene rings is 1. The quantitative estimate of drug-likeness (QED) is 0.931. The van der Waals surface area contributed by atoms with Crippen molar-refractivity contribution in [3.63, 3.8) is 0 Å². The third-order valence-electron chi connectivity index (χ3n) is 3.46. The lowest BCUT2D eigenvalue weighted by molar-refractivity contribution is -0.120. The normalized spacial score (nSPS) is 18.1. The molecule has 1 N–H and O–H groups in total. The minimum absolute atomic E-state index is 0. The van der Waals surface area contributed by atoms with E-state index in [1.165, 1.54) is 0 Å². The minimum Gasteiger partial charge on any atom is -0.495 e. The van der Waals surface area contributed by atoms with E-state index in [1.807, 2.05) is 6.07 Å². The molecule has 0 radical (unpaired) electrons. The van der Waals surface area contributed by atoms with Gasteiger partial charge in [-0.2, -0.15) is 0 Å². The molecule has 1 aliphatic rings. The number of methoxy groups -OCH3 is 1. The van der Waals surface area contributed by atoms with Crippen LogP contribution in [0.2, 0.25) is 5.02 Å². The van der Waals surface area contributed by atoms with Crippen molar-refractivity contribution in [3.05, 3.63) is 23.2 Å². The van der Waals surface area contributed by atoms with Crippen LogP contribution in [0.1, 0.15) is 19.3 Å². The molecule has 0 aliphatic carbocycles. The van der Waals surface area contributed by atoms with Crippen LogP contribution in [-0.2, 0) is 4.79 Å². The maximum Gasteiger partial charge on any atom is 0.243 e. The third-order valence-corrected chi connectivity index (χ3v) is 3.76. The van der Waals surface area contributed by atoms with Crippen LogP contribution in [0.5, 0.6) is 5.75 Å². The number of rotatable bonds is 3. The average Bonchev–Trinajstić information content (AvgIpc) is 2.46. The lowest BCUT2D eigenvalue weighted by atomic mass is 10.0. The molecule has 1 fully saturated rings. The molecular formula is C14H20Cl2N2O2. The van der Waals surface area contributed by atoms with Crippen molar-refractivity contribution >= 4 is 35.6 Å². The van der Waals surface area contributed by atoms with Gasteiger partial charge in [0.25, 0.3) is 0 Å². The molecule has 1 aliphatic heterocycles. The van der Waals surface area contributed by atoms with Gasteiger partial charge >= 0.3 is 0 Å². The van der Waals surface area contributed by atoms with Crippen LogP contribution in [0.15, 0.2) is 18.2 Å². The van der Waals surface area contributed by atoms with E-state index >= 15 is 0 Å². The average molecular weight is 319 g/mol. The second-order valence-electron chi connectivity index (χ2n) is 4.72. The number of ether oxygens (including phenoxy) is 1. The molecule has 1 aromatic rings. The predicted octanol–water partition coefficient (Wildman–Crippen LogP) is 2.88. The molecule has 0 aromatic heterocycles. The highest BCUT2D eigenvalue weighted by molar-refractivity contribution is 6.32. The summed E-state index contributed by atoms with van der Waals surface area (Å²) in [4.78, 5) is 14.0. The SMILES string of the molecule is COc1ccc(N(C)C(=O)C2CCCCN2)cc1Cl.Cl. The standard InChI is InChI=1S/C14H19ClN2O2.ClH/c1-17(14(18)12-5-3-4-8-16-12)10-6-7-13(19-2)11(15)9-10;/h6-7,9,12,16H,3-5,8H2,1-2H3;1H. The van der Waals surface area contributed by atoms with Gasteiger partial charge in [-0.25, -0.2) is 0 Å². The Labute approximate surface area is 130 Å². The molecule has 1 atom stereocenters. The Balaban J connectivity index is 0.00000200. The number of nitrogens with zero attached hydrogens (tertiary/aromatic N) is 1. The number of hydrogen-bond donors (Lipinski definition) is 1. The molecule has 1 unspecified atom stereocenters. The fraction of sp³-hybridized carbons (Fsp3) is 0.500. The van der Waals surface area contributed by atoms with Gasteiger partial charge in [-0.3, -0.25) is 4.79 Å². The van der Waals surface area contributed by atoms with Gasteiger partial charge in [0.05, 0.1) is 18.2 Å². The van der Waals surface area contributed by atoms with Crippen LogP contribution < -0.4 is 15.0 Å². The molecular weight excluding hydrogens is 299 g/mol. The first-order valence-corrected chi connectivity index (χ1v) is 6.86. The lowest BCUT2D eigenvalue weighted by Crippen LogP contribution is -2.47. The van der Waals surface area contributed by atoms with E-state index in [4.69, 9.17) is 16.3 Å². The van der Waals surface area contributed by atoms with Crippen LogP contribution in [0.25, 0.3) is 0 Å². The number of nitrogens with one attached hydrogen (secondary N) is 1. The summed E-state index contributed by atoms with van der Waals surface area (Å²) in [6.07, 6.45) is 3.13. The molecule has 0 saturated carbocycles. The molecule has 1 aromatic carbocycles. The van der Waals surface area contributed by atoms with Crippen molar-refractivity contribution in [1.29, 1.82) is 0 Å². The zero-order valence-corrected chi connectivity index (χ0v) is 13.3. The highest BCUT2D eigenvalue weighted by Gasteiger charge is 2.24. The fourth-order valence-electron chi connectivity index (χ4n) is 2.29. The smallest absolute Gasteiger partial charge is 0.243 e. The maximum absolute atomic E-state index is 12.4. The van der Waals surface area contributed by atoms with Crippen LogP contribution in [0.4, 0.5) is 5.69 Å². The number of piperidine rings is 1. The largest absolute Gasteiger partial charge is 0.495 e. The zero-order valence-electron chi connectivity index (χ0n) is 11.7. The molecule has 0 bridgehead atoms. The van der Waals surface area contributed by atoms with Crippen molar-refractivity contribution in [2.24, 2.45) is 0 Å². The Kier molecular flexibility index (Phi) is 6.59. The maximum atomic E-state index is 12.4. The van der Waals surface area contributed by atoms with Gasteiger partial charge in [-0.15, -0.1) is 12.4 Å². The summed E-state index contributed by atoms with van der Waals surface area (Å²) in [5.74, 6) is 0.697. The number of anilines is 1. The van der Waals surface area contributed by atoms with Gasteiger partial charge < -0.3 is 15.0 Å². The predicted molar refractivity (Wildman–Crippen MR) is 84.3 cm³/mol. The molecule has 6 heteroatoms. The fourth-order valence-corrected chi connectivity index (χ4v) is 2.54. The second-order valence-corrected chi connectivity index (χ2v) is 5.13. The first-order valence-electron chi connectivity index (χ1n) is 6.48. The summed E-state index contributed by atoms with van der Waals surface area (Å²) >= 11 is 6.09. The van der Waals surface area contributed by atoms with E-state index in [0.717, 1.165) is 31.5 Å². The number of carbonyl (C=O) groups is 1. The van der Waals surface area contributed by atoms with Crippen molar-refractivity contribution in [3.8, 4) is 5.75 Å². The number of halogens is 2. The first kappa shape index (κ1) is 17.1. The highest BCUT2D eigenvalue weighted by Crippen LogP contribution is 2.29. The van der Waals surface area contributed by atoms with Gasteiger partial charge in [0.15, 0.2) is 0 Å². The lowest BCUT2D eigenvalue weighted by Gasteiger charge is -2.27. The molecule has 0 spiro atoms. The van der Waals surface area contributed by atoms with E-state index < -0.39 is 0 Å². The number of hydrogen-bond acceptors (Lipinski definition) is 3. The van der Waals surface area contributed by atoms with Crippen molar-refractivity contribution in [2.45, 2.75) is 25.3 Å². The van der Waals surface area contributed by atoms with E-state index in [-0.39, 0.29) is 24.4 Å². The molecule has 2 rings (SSSR count). The van der Waals surface area contributed by atoms with Crippen molar-refractivity contribution in [1.82, 2.24) is 5.32 Å². The summed E-state index contributed by atoms with van der Waals surface area (Å²) in [5, 5.41) is 3.77. The first-order chi connectivity index (χ1) is 9.13. The Bertz CT molecular complexity index is 462. The monoisotopic (exact) mass is 318 g/mol. The van der Waals surface area contributed by atoms with E-state index in [9.17, 15) is 4.79 Å². The molecule has 112 valence electrons. The van der Waals surface area contributed by atoms with Gasteiger partial charge in [-0.05, 0) is 37.6 Å². The molecule has 20 heavy (non-hydrogen) atoms. The van der Waals surface area contributed by atoms with E-state index in [2.05, 4.69) is 5.32 Å². The van der Waals surface area contributed by atoms with Gasteiger partial charge in [0.1, 0.15) is 5.75 Å². The second kappa shape index (κ2) is 7.72. The van der Waals surface area contributed by atoms with Crippen LogP contribution in [-0.4, -0.2) is 32.7 Å². The number of amides is 1. The van der Waals surface area contributed by atoms with Crippen LogP contribution >= 0.6 is 24.0 Å². The summed E-state index contributed by atoms with van der Waals surface area (Å²) in [6.45, 7) is 0.910. The van der Waals surface area contributed by atoms with Gasteiger partial charge in [0.2, 0.25) is 5.91 Å². The Morgan fingerprint density at radius 2 is 2.20 bits per heavy atom. The zero-order chi connectivity index (χ0) is 13.8. The summed E-state index contributed by atoms with van der Waals surface area (Å²) in [5.41, 5.74) is 0.781. The van der Waals surface area contributed by atoms with E-state index in [0.29, 0.717) is 10.8 Å². The number of carbonyl (C=O) groups excluding carboxylic acids is 1. The summed E-state index contributed by atoms with van der Waals surface area (Å²) < 4.78 is 5.11. The Hall–Kier alpha value is -0.970. The van der Waals surface area contributed by atoms with Gasteiger partial charge in [0, 0.05) is 12.7 Å².